The van der Waals surface area contributed by atoms with Gasteiger partial charge in [-0.05, 0) is 63.3 Å². The molecule has 2 aromatic rings. The highest BCUT2D eigenvalue weighted by Gasteiger charge is 2.41. The lowest BCUT2D eigenvalue weighted by atomic mass is 9.70. The van der Waals surface area contributed by atoms with Crippen LogP contribution in [0.2, 0.25) is 5.02 Å². The van der Waals surface area contributed by atoms with Crippen molar-refractivity contribution in [2.24, 2.45) is 5.73 Å². The Hall–Kier alpha value is -1.65. The highest BCUT2D eigenvalue weighted by atomic mass is 35.5. The standard InChI is InChI=1S/C18H22ClN3O/c1-13-6-7-16(23)22(21-13)17(2)8-10-18(20,11-9-17)14-4-3-5-15(19)12-14/h3-7,12H,8-11,20H2,1-2H3. The number of aryl methyl sites for hydroxylation is 1. The number of nitrogens with two attached hydrogens (primary N) is 1. The van der Waals surface area contributed by atoms with Crippen molar-refractivity contribution in [3.8, 4) is 0 Å². The third kappa shape index (κ3) is 3.06. The Morgan fingerprint density at radius 1 is 1.17 bits per heavy atom. The quantitative estimate of drug-likeness (QED) is 0.918. The van der Waals surface area contributed by atoms with Gasteiger partial charge in [0.15, 0.2) is 0 Å². The van der Waals surface area contributed by atoms with E-state index in [1.54, 1.807) is 16.8 Å². The summed E-state index contributed by atoms with van der Waals surface area (Å²) in [7, 11) is 0. The van der Waals surface area contributed by atoms with E-state index in [9.17, 15) is 4.79 Å². The second-order valence-electron chi connectivity index (χ2n) is 6.89. The second kappa shape index (κ2) is 5.77. The molecule has 5 heteroatoms. The Bertz CT molecular complexity index is 776. The topological polar surface area (TPSA) is 60.9 Å². The molecule has 1 saturated carbocycles. The zero-order valence-electron chi connectivity index (χ0n) is 13.6. The van der Waals surface area contributed by atoms with Gasteiger partial charge >= 0.3 is 0 Å². The van der Waals surface area contributed by atoms with E-state index in [2.05, 4.69) is 12.0 Å². The first-order chi connectivity index (χ1) is 10.8. The van der Waals surface area contributed by atoms with Crippen molar-refractivity contribution >= 4 is 11.6 Å². The maximum absolute atomic E-state index is 12.2. The molecular weight excluding hydrogens is 310 g/mol. The zero-order valence-corrected chi connectivity index (χ0v) is 14.3. The van der Waals surface area contributed by atoms with Gasteiger partial charge in [0.2, 0.25) is 0 Å². The molecule has 0 aliphatic heterocycles. The fourth-order valence-electron chi connectivity index (χ4n) is 3.42. The molecule has 1 aromatic carbocycles. The molecule has 1 aliphatic carbocycles. The number of halogens is 1. The molecule has 1 fully saturated rings. The summed E-state index contributed by atoms with van der Waals surface area (Å²) in [4.78, 5) is 12.2. The summed E-state index contributed by atoms with van der Waals surface area (Å²) in [5, 5.41) is 5.15. The Morgan fingerprint density at radius 3 is 2.52 bits per heavy atom. The van der Waals surface area contributed by atoms with Crippen molar-refractivity contribution in [2.45, 2.75) is 50.6 Å². The third-order valence-corrected chi connectivity index (χ3v) is 5.30. The molecule has 0 bridgehead atoms. The van der Waals surface area contributed by atoms with Crippen LogP contribution in [-0.2, 0) is 11.1 Å². The summed E-state index contributed by atoms with van der Waals surface area (Å²) < 4.78 is 1.64. The first-order valence-corrected chi connectivity index (χ1v) is 8.33. The van der Waals surface area contributed by atoms with Gasteiger partial charge in [0.25, 0.3) is 5.56 Å². The highest BCUT2D eigenvalue weighted by Crippen LogP contribution is 2.42. The van der Waals surface area contributed by atoms with Crippen LogP contribution in [0.4, 0.5) is 0 Å². The zero-order chi connectivity index (χ0) is 16.7. The van der Waals surface area contributed by atoms with Gasteiger partial charge in [-0.15, -0.1) is 0 Å². The van der Waals surface area contributed by atoms with Crippen LogP contribution >= 0.6 is 11.6 Å². The van der Waals surface area contributed by atoms with E-state index in [0.717, 1.165) is 36.9 Å². The summed E-state index contributed by atoms with van der Waals surface area (Å²) in [6, 6.07) is 11.1. The summed E-state index contributed by atoms with van der Waals surface area (Å²) in [5.41, 5.74) is 7.84. The number of rotatable bonds is 2. The largest absolute Gasteiger partial charge is 0.321 e. The Kier molecular flexibility index (Phi) is 4.07. The van der Waals surface area contributed by atoms with Crippen molar-refractivity contribution in [1.29, 1.82) is 0 Å². The lowest BCUT2D eigenvalue weighted by molar-refractivity contribution is 0.132. The SMILES string of the molecule is Cc1ccc(=O)n(C2(C)CCC(N)(c3cccc(Cl)c3)CC2)n1. The Morgan fingerprint density at radius 2 is 1.87 bits per heavy atom. The molecule has 0 unspecified atom stereocenters. The molecular formula is C18H22ClN3O. The fraction of sp³-hybridized carbons (Fsp3) is 0.444. The molecule has 0 amide bonds. The predicted molar refractivity (Wildman–Crippen MR) is 92.7 cm³/mol. The molecule has 3 rings (SSSR count). The summed E-state index contributed by atoms with van der Waals surface area (Å²) in [6.07, 6.45) is 3.22. The fourth-order valence-corrected chi connectivity index (χ4v) is 3.61. The number of hydrogen-bond acceptors (Lipinski definition) is 3. The van der Waals surface area contributed by atoms with Crippen LogP contribution in [-0.4, -0.2) is 9.78 Å². The molecule has 1 aromatic heterocycles. The Labute approximate surface area is 141 Å². The molecule has 122 valence electrons. The number of aromatic nitrogens is 2. The van der Waals surface area contributed by atoms with Crippen molar-refractivity contribution in [1.82, 2.24) is 9.78 Å². The molecule has 1 heterocycles. The van der Waals surface area contributed by atoms with Crippen molar-refractivity contribution in [2.75, 3.05) is 0 Å². The number of nitrogens with zero attached hydrogens (tertiary/aromatic N) is 2. The van der Waals surface area contributed by atoms with Gasteiger partial charge in [-0.1, -0.05) is 23.7 Å². The molecule has 0 spiro atoms. The van der Waals surface area contributed by atoms with Crippen molar-refractivity contribution in [3.05, 3.63) is 63.0 Å². The van der Waals surface area contributed by atoms with Crippen molar-refractivity contribution < 1.29 is 0 Å². The first kappa shape index (κ1) is 16.2. The van der Waals surface area contributed by atoms with E-state index in [0.29, 0.717) is 5.02 Å². The van der Waals surface area contributed by atoms with Gasteiger partial charge in [-0.2, -0.15) is 5.10 Å². The van der Waals surface area contributed by atoms with Gasteiger partial charge in [0.05, 0.1) is 11.2 Å². The monoisotopic (exact) mass is 331 g/mol. The molecule has 0 saturated heterocycles. The van der Waals surface area contributed by atoms with E-state index in [1.165, 1.54) is 0 Å². The molecule has 0 radical (unpaired) electrons. The summed E-state index contributed by atoms with van der Waals surface area (Å²) >= 11 is 6.11. The van der Waals surface area contributed by atoms with E-state index in [-0.39, 0.29) is 11.1 Å². The number of benzene rings is 1. The van der Waals surface area contributed by atoms with E-state index in [1.807, 2.05) is 31.2 Å². The van der Waals surface area contributed by atoms with Crippen molar-refractivity contribution in [3.63, 3.8) is 0 Å². The molecule has 4 nitrogen and oxygen atoms in total. The van der Waals surface area contributed by atoms with Crippen LogP contribution in [0, 0.1) is 6.92 Å². The lowest BCUT2D eigenvalue weighted by Crippen LogP contribution is -2.49. The van der Waals surface area contributed by atoms with Gasteiger partial charge in [-0.3, -0.25) is 4.79 Å². The summed E-state index contributed by atoms with van der Waals surface area (Å²) in [6.45, 7) is 4.00. The van der Waals surface area contributed by atoms with Crippen LogP contribution in [0.5, 0.6) is 0 Å². The minimum atomic E-state index is -0.391. The van der Waals surface area contributed by atoms with Crippen LogP contribution in [0.1, 0.15) is 43.9 Å². The molecule has 1 aliphatic rings. The molecule has 0 atom stereocenters. The van der Waals surface area contributed by atoms with E-state index in [4.69, 9.17) is 17.3 Å². The normalized spacial score (nSPS) is 27.8. The first-order valence-electron chi connectivity index (χ1n) is 7.95. The minimum absolute atomic E-state index is 0.0506. The van der Waals surface area contributed by atoms with Gasteiger partial charge in [-0.25, -0.2) is 4.68 Å². The minimum Gasteiger partial charge on any atom is -0.321 e. The lowest BCUT2D eigenvalue weighted by Gasteiger charge is -2.43. The van der Waals surface area contributed by atoms with Crippen LogP contribution in [0.25, 0.3) is 0 Å². The Balaban J connectivity index is 1.87. The average molecular weight is 332 g/mol. The highest BCUT2D eigenvalue weighted by molar-refractivity contribution is 6.30. The molecule has 23 heavy (non-hydrogen) atoms. The van der Waals surface area contributed by atoms with Crippen LogP contribution in [0.3, 0.4) is 0 Å². The number of hydrogen-bond donors (Lipinski definition) is 1. The van der Waals surface area contributed by atoms with Gasteiger partial charge in [0.1, 0.15) is 0 Å². The smallest absolute Gasteiger partial charge is 0.267 e. The van der Waals surface area contributed by atoms with E-state index < -0.39 is 5.54 Å². The second-order valence-corrected chi connectivity index (χ2v) is 7.32. The predicted octanol–water partition coefficient (Wildman–Crippen LogP) is 3.35. The van der Waals surface area contributed by atoms with Crippen LogP contribution in [0.15, 0.2) is 41.2 Å². The van der Waals surface area contributed by atoms with E-state index >= 15 is 0 Å². The van der Waals surface area contributed by atoms with Crippen LogP contribution < -0.4 is 11.3 Å². The summed E-state index contributed by atoms with van der Waals surface area (Å²) in [5.74, 6) is 0. The van der Waals surface area contributed by atoms with Gasteiger partial charge in [0, 0.05) is 16.6 Å². The van der Waals surface area contributed by atoms with Gasteiger partial charge < -0.3 is 5.73 Å². The maximum atomic E-state index is 12.2. The third-order valence-electron chi connectivity index (χ3n) is 5.06. The molecule has 2 N–H and O–H groups in total. The average Bonchev–Trinajstić information content (AvgIpc) is 2.53. The maximum Gasteiger partial charge on any atom is 0.267 e.